The van der Waals surface area contributed by atoms with Gasteiger partial charge in [0.05, 0.1) is 0 Å². The summed E-state index contributed by atoms with van der Waals surface area (Å²) < 4.78 is 0. The van der Waals surface area contributed by atoms with E-state index in [2.05, 4.69) is 4.98 Å². The van der Waals surface area contributed by atoms with Gasteiger partial charge in [-0.25, -0.2) is 5.84 Å². The third kappa shape index (κ3) is 4.34. The Kier molecular flexibility index (Phi) is 5.30. The van der Waals surface area contributed by atoms with Gasteiger partial charge in [0.2, 0.25) is 0 Å². The number of hydrazine groups is 1. The van der Waals surface area contributed by atoms with E-state index in [9.17, 15) is 4.79 Å². The molecule has 0 fully saturated rings. The van der Waals surface area contributed by atoms with Gasteiger partial charge in [-0.05, 0) is 24.3 Å². The molecule has 0 radical (unpaired) electrons. The van der Waals surface area contributed by atoms with Gasteiger partial charge in [-0.15, -0.1) is 0 Å². The zero-order chi connectivity index (χ0) is 11.6. The van der Waals surface area contributed by atoms with Crippen LogP contribution < -0.4 is 11.3 Å². The van der Waals surface area contributed by atoms with Gasteiger partial charge in [-0.3, -0.25) is 15.2 Å². The Morgan fingerprint density at radius 2 is 1.56 bits per heavy atom. The van der Waals surface area contributed by atoms with E-state index >= 15 is 0 Å². The van der Waals surface area contributed by atoms with Crippen molar-refractivity contribution in [2.45, 2.75) is 0 Å². The minimum atomic E-state index is -0.263. The summed E-state index contributed by atoms with van der Waals surface area (Å²) in [6.45, 7) is 0. The fourth-order valence-electron chi connectivity index (χ4n) is 0.985. The number of aromatic nitrogens is 1. The van der Waals surface area contributed by atoms with Crippen LogP contribution in [0.5, 0.6) is 0 Å². The number of nitrogens with zero attached hydrogens (tertiary/aromatic N) is 1. The van der Waals surface area contributed by atoms with Crippen LogP contribution in [0.25, 0.3) is 0 Å². The number of hydrogen-bond acceptors (Lipinski definition) is 3. The predicted molar refractivity (Wildman–Crippen MR) is 62.3 cm³/mol. The molecule has 0 saturated heterocycles. The molecule has 0 atom stereocenters. The van der Waals surface area contributed by atoms with Gasteiger partial charge in [-0.1, -0.05) is 24.3 Å². The molecule has 82 valence electrons. The lowest BCUT2D eigenvalue weighted by Crippen LogP contribution is -2.29. The largest absolute Gasteiger partial charge is 0.290 e. The molecule has 0 bridgehead atoms. The number of pyridine rings is 1. The quantitative estimate of drug-likeness (QED) is 0.429. The van der Waals surface area contributed by atoms with Crippen LogP contribution in [0, 0.1) is 0 Å². The Labute approximate surface area is 94.1 Å². The van der Waals surface area contributed by atoms with Crippen molar-refractivity contribution in [3.63, 3.8) is 0 Å². The zero-order valence-corrected chi connectivity index (χ0v) is 8.71. The van der Waals surface area contributed by atoms with E-state index in [1.807, 2.05) is 29.7 Å². The van der Waals surface area contributed by atoms with E-state index in [0.717, 1.165) is 0 Å². The highest BCUT2D eigenvalue weighted by atomic mass is 16.2. The summed E-state index contributed by atoms with van der Waals surface area (Å²) in [7, 11) is 0. The van der Waals surface area contributed by atoms with Crippen molar-refractivity contribution in [1.82, 2.24) is 10.4 Å². The summed E-state index contributed by atoms with van der Waals surface area (Å²) in [4.78, 5) is 14.6. The molecule has 1 aromatic heterocycles. The van der Waals surface area contributed by atoms with Crippen LogP contribution >= 0.6 is 0 Å². The highest BCUT2D eigenvalue weighted by molar-refractivity contribution is 5.93. The molecule has 4 nitrogen and oxygen atoms in total. The second-order valence-corrected chi connectivity index (χ2v) is 2.86. The van der Waals surface area contributed by atoms with Gasteiger partial charge in [0.25, 0.3) is 5.91 Å². The monoisotopic (exact) mass is 215 g/mol. The first-order chi connectivity index (χ1) is 7.84. The van der Waals surface area contributed by atoms with Crippen molar-refractivity contribution in [1.29, 1.82) is 0 Å². The summed E-state index contributed by atoms with van der Waals surface area (Å²) >= 11 is 0. The molecule has 16 heavy (non-hydrogen) atoms. The first-order valence-corrected chi connectivity index (χ1v) is 4.75. The highest BCUT2D eigenvalue weighted by Crippen LogP contribution is 1.95. The molecule has 0 unspecified atom stereocenters. The third-order valence-corrected chi connectivity index (χ3v) is 1.73. The number of carbonyl (C=O) groups excluding carboxylic acids is 1. The van der Waals surface area contributed by atoms with Crippen LogP contribution in [0.2, 0.25) is 0 Å². The van der Waals surface area contributed by atoms with Crippen LogP contribution in [-0.4, -0.2) is 10.9 Å². The standard InChI is InChI=1S/C7H8N2O.C5H5N/c8-9-7(10)6-4-2-1-3-5-6;1-2-4-6-5-3-1/h1-5H,8H2,(H,9,10);1-5H. The number of benzene rings is 1. The second-order valence-electron chi connectivity index (χ2n) is 2.86. The predicted octanol–water partition coefficient (Wildman–Crippen LogP) is 1.37. The molecule has 2 rings (SSSR count). The van der Waals surface area contributed by atoms with Crippen LogP contribution in [0.15, 0.2) is 60.9 Å². The van der Waals surface area contributed by atoms with Gasteiger partial charge < -0.3 is 0 Å². The average molecular weight is 215 g/mol. The fraction of sp³-hybridized carbons (Fsp3) is 0. The molecule has 0 saturated carbocycles. The van der Waals surface area contributed by atoms with Crippen molar-refractivity contribution in [2.75, 3.05) is 0 Å². The van der Waals surface area contributed by atoms with E-state index in [1.165, 1.54) is 0 Å². The third-order valence-electron chi connectivity index (χ3n) is 1.73. The topological polar surface area (TPSA) is 68.0 Å². The van der Waals surface area contributed by atoms with Gasteiger partial charge in [0.15, 0.2) is 0 Å². The van der Waals surface area contributed by atoms with Gasteiger partial charge >= 0.3 is 0 Å². The number of rotatable bonds is 1. The maximum atomic E-state index is 10.8. The number of carbonyl (C=O) groups is 1. The molecule has 3 N–H and O–H groups in total. The summed E-state index contributed by atoms with van der Waals surface area (Å²) in [5, 5.41) is 0. The molecule has 1 heterocycles. The first kappa shape index (κ1) is 11.9. The van der Waals surface area contributed by atoms with E-state index in [4.69, 9.17) is 5.84 Å². The summed E-state index contributed by atoms with van der Waals surface area (Å²) in [6, 6.07) is 14.5. The van der Waals surface area contributed by atoms with E-state index in [0.29, 0.717) is 5.56 Å². The SMILES string of the molecule is NNC(=O)c1ccccc1.c1ccncc1. The number of nitrogen functional groups attached to an aromatic ring is 1. The molecule has 1 aromatic carbocycles. The Morgan fingerprint density at radius 3 is 1.94 bits per heavy atom. The number of nitrogens with two attached hydrogens (primary N) is 1. The number of nitrogens with one attached hydrogen (secondary N) is 1. The molecule has 2 aromatic rings. The van der Waals surface area contributed by atoms with Gasteiger partial charge in [0.1, 0.15) is 0 Å². The molecular weight excluding hydrogens is 202 g/mol. The smallest absolute Gasteiger partial charge is 0.265 e. The van der Waals surface area contributed by atoms with Crippen molar-refractivity contribution < 1.29 is 4.79 Å². The molecule has 0 spiro atoms. The summed E-state index contributed by atoms with van der Waals surface area (Å²) in [6.07, 6.45) is 3.50. The number of hydrogen-bond donors (Lipinski definition) is 2. The van der Waals surface area contributed by atoms with Crippen LogP contribution in [-0.2, 0) is 0 Å². The fourth-order valence-corrected chi connectivity index (χ4v) is 0.985. The van der Waals surface area contributed by atoms with Crippen molar-refractivity contribution in [2.24, 2.45) is 5.84 Å². The lowest BCUT2D eigenvalue weighted by atomic mass is 10.2. The Morgan fingerprint density at radius 1 is 1.00 bits per heavy atom. The van der Waals surface area contributed by atoms with E-state index < -0.39 is 0 Å². The second kappa shape index (κ2) is 7.14. The molecule has 0 aliphatic rings. The Bertz CT molecular complexity index is 376. The average Bonchev–Trinajstić information content (AvgIpc) is 2.41. The van der Waals surface area contributed by atoms with Crippen molar-refractivity contribution in [3.8, 4) is 0 Å². The normalized spacial score (nSPS) is 8.56. The Hall–Kier alpha value is -2.20. The minimum Gasteiger partial charge on any atom is -0.290 e. The minimum absolute atomic E-state index is 0.263. The molecule has 4 heteroatoms. The summed E-state index contributed by atoms with van der Waals surface area (Å²) in [5.74, 6) is 4.64. The van der Waals surface area contributed by atoms with Crippen LogP contribution in [0.3, 0.4) is 0 Å². The van der Waals surface area contributed by atoms with Crippen LogP contribution in [0.4, 0.5) is 0 Å². The first-order valence-electron chi connectivity index (χ1n) is 4.75. The molecule has 0 aliphatic carbocycles. The summed E-state index contributed by atoms with van der Waals surface area (Å²) in [5.41, 5.74) is 2.62. The van der Waals surface area contributed by atoms with Gasteiger partial charge in [-0.2, -0.15) is 0 Å². The van der Waals surface area contributed by atoms with Crippen molar-refractivity contribution >= 4 is 5.91 Å². The van der Waals surface area contributed by atoms with Crippen molar-refractivity contribution in [3.05, 3.63) is 66.5 Å². The van der Waals surface area contributed by atoms with Gasteiger partial charge in [0, 0.05) is 18.0 Å². The molecular formula is C12H13N3O. The zero-order valence-electron chi connectivity index (χ0n) is 8.71. The number of amides is 1. The van der Waals surface area contributed by atoms with Crippen LogP contribution in [0.1, 0.15) is 10.4 Å². The lowest BCUT2D eigenvalue weighted by Gasteiger charge is -1.95. The van der Waals surface area contributed by atoms with E-state index in [-0.39, 0.29) is 5.91 Å². The Balaban J connectivity index is 0.000000181. The molecule has 1 amide bonds. The maximum absolute atomic E-state index is 10.8. The molecule has 0 aliphatic heterocycles. The van der Waals surface area contributed by atoms with E-state index in [1.54, 1.807) is 36.7 Å². The maximum Gasteiger partial charge on any atom is 0.265 e. The highest BCUT2D eigenvalue weighted by Gasteiger charge is 1.98. The lowest BCUT2D eigenvalue weighted by molar-refractivity contribution is 0.0953.